The molecule has 150 valence electrons. The average Bonchev–Trinajstić information content (AvgIpc) is 3.13. The van der Waals surface area contributed by atoms with Crippen molar-refractivity contribution in [1.29, 1.82) is 0 Å². The van der Waals surface area contributed by atoms with E-state index in [1.807, 2.05) is 42.5 Å². The normalized spacial score (nSPS) is 11.9. The van der Waals surface area contributed by atoms with Crippen LogP contribution in [0.1, 0.15) is 45.1 Å². The van der Waals surface area contributed by atoms with Crippen LogP contribution in [0.5, 0.6) is 0 Å². The quantitative estimate of drug-likeness (QED) is 0.243. The minimum absolute atomic E-state index is 0.306. The zero-order valence-corrected chi connectivity index (χ0v) is 18.3. The molecule has 0 saturated carbocycles. The van der Waals surface area contributed by atoms with Crippen LogP contribution in [-0.2, 0) is 19.8 Å². The molecule has 3 rings (SSSR count). The number of thiazole rings is 1. The monoisotopic (exact) mass is 417 g/mol. The Balaban J connectivity index is 1.71. The van der Waals surface area contributed by atoms with E-state index < -0.39 is 7.60 Å². The Morgan fingerprint density at radius 3 is 2.18 bits per heavy atom. The average molecular weight is 418 g/mol. The molecule has 0 atom stereocenters. The highest BCUT2D eigenvalue weighted by molar-refractivity contribution is 7.53. The second-order valence-electron chi connectivity index (χ2n) is 6.83. The second kappa shape index (κ2) is 10.3. The van der Waals surface area contributed by atoms with Crippen molar-refractivity contribution in [1.82, 2.24) is 4.98 Å². The Morgan fingerprint density at radius 2 is 1.57 bits per heavy atom. The van der Waals surface area contributed by atoms with Crippen LogP contribution in [0.25, 0.3) is 20.8 Å². The summed E-state index contributed by atoms with van der Waals surface area (Å²) >= 11 is 1.68. The molecule has 3 aromatic rings. The molecule has 1 heterocycles. The predicted octanol–water partition coefficient (Wildman–Crippen LogP) is 7.29. The van der Waals surface area contributed by atoms with Crippen LogP contribution in [0.15, 0.2) is 48.5 Å². The number of aromatic nitrogens is 1. The minimum atomic E-state index is -3.12. The Bertz CT molecular complexity index is 876. The van der Waals surface area contributed by atoms with Crippen molar-refractivity contribution < 1.29 is 13.6 Å². The summed E-state index contributed by atoms with van der Waals surface area (Å²) in [6.45, 7) is 5.13. The van der Waals surface area contributed by atoms with Gasteiger partial charge >= 0.3 is 7.60 Å². The molecule has 28 heavy (non-hydrogen) atoms. The van der Waals surface area contributed by atoms with Gasteiger partial charge in [0.25, 0.3) is 0 Å². The number of para-hydroxylation sites is 1. The first-order chi connectivity index (χ1) is 13.6. The van der Waals surface area contributed by atoms with Crippen molar-refractivity contribution in [2.24, 2.45) is 0 Å². The van der Waals surface area contributed by atoms with E-state index in [4.69, 9.17) is 14.0 Å². The summed E-state index contributed by atoms with van der Waals surface area (Å²) in [7, 11) is -3.12. The summed E-state index contributed by atoms with van der Waals surface area (Å²) < 4.78 is 25.7. The van der Waals surface area contributed by atoms with Crippen molar-refractivity contribution in [3.63, 3.8) is 0 Å². The van der Waals surface area contributed by atoms with Crippen molar-refractivity contribution >= 4 is 29.1 Å². The van der Waals surface area contributed by atoms with E-state index in [2.05, 4.69) is 19.9 Å². The highest BCUT2D eigenvalue weighted by Gasteiger charge is 2.25. The standard InChI is InChI=1S/C22H28NO3PS/c1-3-5-15-25-27(24,26-16-6-4-2)17-18-11-13-19(14-12-18)22-23-20-9-7-8-10-21(20)28-22/h7-14H,3-6,15-17H2,1-2H3. The molecule has 0 bridgehead atoms. The van der Waals surface area contributed by atoms with Crippen LogP contribution < -0.4 is 0 Å². The summed E-state index contributed by atoms with van der Waals surface area (Å²) in [5, 5.41) is 0.995. The van der Waals surface area contributed by atoms with Crippen LogP contribution in [0.4, 0.5) is 0 Å². The zero-order chi connectivity index (χ0) is 19.8. The SMILES string of the molecule is CCCCOP(=O)(Cc1ccc(-c2nc3ccccc3s2)cc1)OCCCC. The van der Waals surface area contributed by atoms with Gasteiger partial charge < -0.3 is 9.05 Å². The van der Waals surface area contributed by atoms with Crippen LogP contribution in [0.3, 0.4) is 0 Å². The molecule has 0 spiro atoms. The smallest absolute Gasteiger partial charge is 0.308 e. The first-order valence-electron chi connectivity index (χ1n) is 9.96. The molecule has 6 heteroatoms. The van der Waals surface area contributed by atoms with Gasteiger partial charge in [-0.25, -0.2) is 4.98 Å². The fraction of sp³-hybridized carbons (Fsp3) is 0.409. The van der Waals surface area contributed by atoms with Gasteiger partial charge in [0.1, 0.15) is 5.01 Å². The topological polar surface area (TPSA) is 48.4 Å². The number of unbranched alkanes of at least 4 members (excludes halogenated alkanes) is 2. The molecule has 1 aromatic heterocycles. The Labute approximate surface area is 171 Å². The molecule has 0 amide bonds. The lowest BCUT2D eigenvalue weighted by atomic mass is 10.2. The van der Waals surface area contributed by atoms with E-state index in [0.29, 0.717) is 19.4 Å². The molecule has 4 nitrogen and oxygen atoms in total. The van der Waals surface area contributed by atoms with Crippen molar-refractivity contribution in [3.8, 4) is 10.6 Å². The third-order valence-electron chi connectivity index (χ3n) is 4.44. The van der Waals surface area contributed by atoms with E-state index >= 15 is 0 Å². The number of fused-ring (bicyclic) bond motifs is 1. The molecule has 2 aromatic carbocycles. The number of benzene rings is 2. The Hall–Kier alpha value is -1.52. The number of hydrogen-bond donors (Lipinski definition) is 0. The molecular weight excluding hydrogens is 389 g/mol. The Kier molecular flexibility index (Phi) is 7.81. The van der Waals surface area contributed by atoms with Gasteiger partial charge in [-0.15, -0.1) is 11.3 Å². The molecule has 0 aliphatic heterocycles. The van der Waals surface area contributed by atoms with Gasteiger partial charge in [0.15, 0.2) is 0 Å². The van der Waals surface area contributed by atoms with E-state index in [1.165, 1.54) is 4.70 Å². The molecule has 0 aliphatic rings. The van der Waals surface area contributed by atoms with Gasteiger partial charge in [-0.3, -0.25) is 4.57 Å². The predicted molar refractivity (Wildman–Crippen MR) is 118 cm³/mol. The largest absolute Gasteiger partial charge is 0.335 e. The molecule has 0 radical (unpaired) electrons. The third-order valence-corrected chi connectivity index (χ3v) is 7.43. The summed E-state index contributed by atoms with van der Waals surface area (Å²) in [4.78, 5) is 4.70. The molecule has 0 saturated heterocycles. The van der Waals surface area contributed by atoms with E-state index in [0.717, 1.165) is 47.3 Å². The Morgan fingerprint density at radius 1 is 0.929 bits per heavy atom. The van der Waals surface area contributed by atoms with Gasteiger partial charge in [-0.2, -0.15) is 0 Å². The van der Waals surface area contributed by atoms with Gasteiger partial charge in [-0.1, -0.05) is 63.1 Å². The first-order valence-corrected chi connectivity index (χ1v) is 12.5. The maximum atomic E-state index is 13.1. The first kappa shape index (κ1) is 21.2. The van der Waals surface area contributed by atoms with Crippen molar-refractivity contribution in [2.75, 3.05) is 13.2 Å². The van der Waals surface area contributed by atoms with Crippen molar-refractivity contribution in [3.05, 3.63) is 54.1 Å². The minimum Gasteiger partial charge on any atom is -0.308 e. The number of nitrogens with zero attached hydrogens (tertiary/aromatic N) is 1. The van der Waals surface area contributed by atoms with Gasteiger partial charge in [0.05, 0.1) is 29.6 Å². The van der Waals surface area contributed by atoms with Crippen LogP contribution >= 0.6 is 18.9 Å². The van der Waals surface area contributed by atoms with Gasteiger partial charge in [0, 0.05) is 5.56 Å². The molecule has 0 unspecified atom stereocenters. The van der Waals surface area contributed by atoms with E-state index in [9.17, 15) is 4.57 Å². The highest BCUT2D eigenvalue weighted by Crippen LogP contribution is 2.51. The summed E-state index contributed by atoms with van der Waals surface area (Å²) in [6, 6.07) is 16.2. The highest BCUT2D eigenvalue weighted by atomic mass is 32.1. The molecule has 0 N–H and O–H groups in total. The summed E-state index contributed by atoms with van der Waals surface area (Å²) in [5.74, 6) is 0. The lowest BCUT2D eigenvalue weighted by Crippen LogP contribution is -2.02. The lowest BCUT2D eigenvalue weighted by molar-refractivity contribution is 0.199. The van der Waals surface area contributed by atoms with E-state index in [-0.39, 0.29) is 0 Å². The fourth-order valence-electron chi connectivity index (χ4n) is 2.80. The molecule has 0 aliphatic carbocycles. The summed E-state index contributed by atoms with van der Waals surface area (Å²) in [5.41, 5.74) is 3.05. The number of hydrogen-bond acceptors (Lipinski definition) is 5. The van der Waals surface area contributed by atoms with E-state index in [1.54, 1.807) is 11.3 Å². The maximum Gasteiger partial charge on any atom is 0.335 e. The third kappa shape index (κ3) is 5.74. The number of rotatable bonds is 11. The molecule has 0 fully saturated rings. The zero-order valence-electron chi connectivity index (χ0n) is 16.6. The van der Waals surface area contributed by atoms with Gasteiger partial charge in [-0.05, 0) is 30.5 Å². The second-order valence-corrected chi connectivity index (χ2v) is 9.91. The van der Waals surface area contributed by atoms with Crippen molar-refractivity contribution in [2.45, 2.75) is 45.7 Å². The lowest BCUT2D eigenvalue weighted by Gasteiger charge is -2.18. The van der Waals surface area contributed by atoms with Crippen LogP contribution in [0.2, 0.25) is 0 Å². The van der Waals surface area contributed by atoms with Gasteiger partial charge in [0.2, 0.25) is 0 Å². The maximum absolute atomic E-state index is 13.1. The van der Waals surface area contributed by atoms with Crippen LogP contribution in [-0.4, -0.2) is 18.2 Å². The fourth-order valence-corrected chi connectivity index (χ4v) is 5.50. The molecular formula is C22H28NO3PS. The van der Waals surface area contributed by atoms with Crippen LogP contribution in [0, 0.1) is 0 Å². The summed E-state index contributed by atoms with van der Waals surface area (Å²) in [6.07, 6.45) is 4.09.